The van der Waals surface area contributed by atoms with Crippen LogP contribution < -0.4 is 0 Å². The standard InChI is InChI=1S/C16H11N3O6S/c20-15-8-1-10-9-13(26(23,24)25)6-7-14(10)16(15)18-17-11-2-4-12(5-3-11)19(21)22/h1-9H,(H2,23,24,25). The molecule has 2 N–H and O–H groups in total. The highest BCUT2D eigenvalue weighted by atomic mass is 32.2. The van der Waals surface area contributed by atoms with Crippen LogP contribution in [0.15, 0.2) is 81.7 Å². The molecule has 0 saturated carbocycles. The van der Waals surface area contributed by atoms with E-state index in [1.807, 2.05) is 0 Å². The molecule has 0 unspecified atom stereocenters. The first-order chi connectivity index (χ1) is 12.3. The maximum Gasteiger partial charge on any atom is 0.269 e. The average Bonchev–Trinajstić information content (AvgIpc) is 2.60. The SMILES string of the molecule is O=C1C=CC2=CC(=S(=O)(O)O)C=CC2=C1N=Nc1ccc([N+](=O)[O-])cc1. The van der Waals surface area contributed by atoms with Gasteiger partial charge in [-0.3, -0.25) is 24.0 Å². The minimum Gasteiger partial charge on any atom is -0.293 e. The summed E-state index contributed by atoms with van der Waals surface area (Å²) < 4.78 is 29.8. The van der Waals surface area contributed by atoms with Crippen LogP contribution in [0.3, 0.4) is 0 Å². The predicted molar refractivity (Wildman–Crippen MR) is 94.4 cm³/mol. The molecule has 2 aliphatic rings. The van der Waals surface area contributed by atoms with Gasteiger partial charge in [-0.2, -0.15) is 5.11 Å². The highest BCUT2D eigenvalue weighted by molar-refractivity contribution is 7.92. The number of carbonyl (C=O) groups excluding carboxylic acids is 1. The summed E-state index contributed by atoms with van der Waals surface area (Å²) in [5.74, 6) is -0.412. The van der Waals surface area contributed by atoms with Crippen molar-refractivity contribution in [3.8, 4) is 0 Å². The summed E-state index contributed by atoms with van der Waals surface area (Å²) in [5.41, 5.74) is 1.04. The van der Waals surface area contributed by atoms with Gasteiger partial charge in [-0.15, -0.1) is 5.11 Å². The second-order valence-electron chi connectivity index (χ2n) is 5.27. The predicted octanol–water partition coefficient (Wildman–Crippen LogP) is 2.97. The lowest BCUT2D eigenvalue weighted by molar-refractivity contribution is -0.384. The van der Waals surface area contributed by atoms with E-state index in [4.69, 9.17) is 0 Å². The quantitative estimate of drug-likeness (QED) is 0.361. The fourth-order valence-electron chi connectivity index (χ4n) is 2.29. The molecule has 2 aliphatic carbocycles. The fourth-order valence-corrected chi connectivity index (χ4v) is 2.81. The topological polar surface area (TPSA) is 142 Å². The number of benzene rings is 1. The Morgan fingerprint density at radius 1 is 1.00 bits per heavy atom. The number of allylic oxidation sites excluding steroid dienone is 7. The molecule has 0 fully saturated rings. The van der Waals surface area contributed by atoms with Gasteiger partial charge in [-0.05, 0) is 35.9 Å². The molecule has 1 aromatic rings. The van der Waals surface area contributed by atoms with Crippen LogP contribution in [0.5, 0.6) is 0 Å². The van der Waals surface area contributed by atoms with Gasteiger partial charge in [0.1, 0.15) is 5.70 Å². The number of non-ortho nitro benzene ring substituents is 1. The maximum atomic E-state index is 12.1. The van der Waals surface area contributed by atoms with E-state index in [1.165, 1.54) is 54.6 Å². The molecule has 3 rings (SSSR count). The van der Waals surface area contributed by atoms with Gasteiger partial charge in [0.05, 0.1) is 15.5 Å². The van der Waals surface area contributed by atoms with Crippen LogP contribution >= 0.6 is 0 Å². The third-order valence-electron chi connectivity index (χ3n) is 3.56. The smallest absolute Gasteiger partial charge is 0.269 e. The van der Waals surface area contributed by atoms with E-state index in [0.29, 0.717) is 16.8 Å². The zero-order valence-electron chi connectivity index (χ0n) is 13.0. The third-order valence-corrected chi connectivity index (χ3v) is 4.43. The zero-order valence-corrected chi connectivity index (χ0v) is 13.8. The Labute approximate surface area is 147 Å². The number of carbonyl (C=O) groups is 1. The Morgan fingerprint density at radius 3 is 2.31 bits per heavy atom. The minimum absolute atomic E-state index is 0.00906. The minimum atomic E-state index is -4.12. The molecule has 1 aromatic carbocycles. The number of ketones is 1. The van der Waals surface area contributed by atoms with Crippen molar-refractivity contribution in [2.75, 3.05) is 0 Å². The van der Waals surface area contributed by atoms with E-state index >= 15 is 0 Å². The summed E-state index contributed by atoms with van der Waals surface area (Å²) in [5, 5.41) is 18.5. The van der Waals surface area contributed by atoms with Crippen molar-refractivity contribution in [3.63, 3.8) is 0 Å². The molecule has 0 aliphatic heterocycles. The lowest BCUT2D eigenvalue weighted by atomic mass is 9.92. The highest BCUT2D eigenvalue weighted by Crippen LogP contribution is 2.29. The van der Waals surface area contributed by atoms with Gasteiger partial charge >= 0.3 is 0 Å². The van der Waals surface area contributed by atoms with Crippen LogP contribution in [-0.4, -0.2) is 28.9 Å². The van der Waals surface area contributed by atoms with E-state index < -0.39 is 20.8 Å². The van der Waals surface area contributed by atoms with Gasteiger partial charge < -0.3 is 0 Å². The first kappa shape index (κ1) is 17.6. The summed E-state index contributed by atoms with van der Waals surface area (Å²) in [6.07, 6.45) is 6.56. The largest absolute Gasteiger partial charge is 0.293 e. The van der Waals surface area contributed by atoms with Crippen LogP contribution in [0, 0.1) is 10.1 Å². The van der Waals surface area contributed by atoms with Crippen molar-refractivity contribution in [2.45, 2.75) is 0 Å². The lowest BCUT2D eigenvalue weighted by Crippen LogP contribution is -2.14. The number of nitro groups is 1. The van der Waals surface area contributed by atoms with Crippen LogP contribution in [0.4, 0.5) is 11.4 Å². The molecule has 0 heterocycles. The molecule has 0 saturated heterocycles. The van der Waals surface area contributed by atoms with Gasteiger partial charge in [0.2, 0.25) is 15.9 Å². The van der Waals surface area contributed by atoms with Gasteiger partial charge in [-0.25, -0.2) is 4.21 Å². The molecule has 0 amide bonds. The zero-order chi connectivity index (χ0) is 18.9. The van der Waals surface area contributed by atoms with Crippen LogP contribution in [0.1, 0.15) is 0 Å². The second kappa shape index (κ2) is 6.59. The molecular formula is C16H11N3O6S. The Kier molecular flexibility index (Phi) is 4.47. The number of azo groups is 1. The van der Waals surface area contributed by atoms with E-state index in [1.54, 1.807) is 0 Å². The summed E-state index contributed by atoms with van der Waals surface area (Å²) in [6, 6.07) is 5.31. The summed E-state index contributed by atoms with van der Waals surface area (Å²) in [6.45, 7) is 0. The molecule has 0 aromatic heterocycles. The molecule has 26 heavy (non-hydrogen) atoms. The molecule has 0 atom stereocenters. The van der Waals surface area contributed by atoms with Gasteiger partial charge in [0.15, 0.2) is 0 Å². The molecular weight excluding hydrogens is 362 g/mol. The second-order valence-corrected chi connectivity index (χ2v) is 6.73. The fraction of sp³-hybridized carbons (Fsp3) is 0. The number of hydrogen-bond acceptors (Lipinski definition) is 6. The maximum absolute atomic E-state index is 12.1. The number of rotatable bonds is 3. The van der Waals surface area contributed by atoms with Crippen molar-refractivity contribution < 1.29 is 23.0 Å². The lowest BCUT2D eigenvalue weighted by Gasteiger charge is -2.16. The van der Waals surface area contributed by atoms with Gasteiger partial charge in [0, 0.05) is 17.7 Å². The van der Waals surface area contributed by atoms with Gasteiger partial charge in [0.25, 0.3) is 5.69 Å². The van der Waals surface area contributed by atoms with Crippen molar-refractivity contribution in [3.05, 3.63) is 81.6 Å². The van der Waals surface area contributed by atoms with Crippen molar-refractivity contribution in [1.82, 2.24) is 0 Å². The monoisotopic (exact) mass is 373 g/mol. The molecule has 0 radical (unpaired) electrons. The Bertz CT molecular complexity index is 1080. The molecule has 132 valence electrons. The number of hydrogen-bond donors (Lipinski definition) is 2. The first-order valence-corrected chi connectivity index (χ1v) is 8.62. The van der Waals surface area contributed by atoms with Crippen LogP contribution in [-0.2, 0) is 14.9 Å². The van der Waals surface area contributed by atoms with Crippen LogP contribution in [0.25, 0.3) is 0 Å². The van der Waals surface area contributed by atoms with E-state index in [9.17, 15) is 28.2 Å². The Balaban J connectivity index is 1.98. The van der Waals surface area contributed by atoms with Gasteiger partial charge in [-0.1, -0.05) is 12.2 Å². The molecule has 0 spiro atoms. The van der Waals surface area contributed by atoms with E-state index in [0.717, 1.165) is 0 Å². The molecule has 0 bridgehead atoms. The highest BCUT2D eigenvalue weighted by Gasteiger charge is 2.22. The summed E-state index contributed by atoms with van der Waals surface area (Å²) in [7, 11) is -4.12. The van der Waals surface area contributed by atoms with Crippen LogP contribution in [0.2, 0.25) is 0 Å². The third kappa shape index (κ3) is 3.57. The summed E-state index contributed by atoms with van der Waals surface area (Å²) in [4.78, 5) is 22.0. The average molecular weight is 373 g/mol. The molecule has 9 nitrogen and oxygen atoms in total. The van der Waals surface area contributed by atoms with Crippen molar-refractivity contribution >= 4 is 32.1 Å². The normalized spacial score (nSPS) is 16.9. The number of nitro benzene ring substituents is 1. The van der Waals surface area contributed by atoms with Crippen molar-refractivity contribution in [1.29, 1.82) is 0 Å². The summed E-state index contributed by atoms with van der Waals surface area (Å²) >= 11 is 0. The number of nitrogens with zero attached hydrogens (tertiary/aromatic N) is 3. The van der Waals surface area contributed by atoms with Crippen molar-refractivity contribution in [2.24, 2.45) is 10.2 Å². The first-order valence-electron chi connectivity index (χ1n) is 7.15. The molecule has 10 heteroatoms. The van der Waals surface area contributed by atoms with E-state index in [-0.39, 0.29) is 16.2 Å². The number of fused-ring (bicyclic) bond motifs is 1. The van der Waals surface area contributed by atoms with E-state index in [2.05, 4.69) is 10.2 Å². The Hall–Kier alpha value is -3.21. The Morgan fingerprint density at radius 2 is 1.69 bits per heavy atom.